The van der Waals surface area contributed by atoms with Gasteiger partial charge in [-0.1, -0.05) is 55.5 Å². The second-order valence-corrected chi connectivity index (χ2v) is 16.7. The number of esters is 1. The molecule has 0 fully saturated rings. The van der Waals surface area contributed by atoms with Gasteiger partial charge in [0.2, 0.25) is 0 Å². The van der Waals surface area contributed by atoms with Gasteiger partial charge in [-0.15, -0.1) is 0 Å². The van der Waals surface area contributed by atoms with Crippen molar-refractivity contribution >= 4 is 34.0 Å². The van der Waals surface area contributed by atoms with Gasteiger partial charge in [0.1, 0.15) is 23.5 Å². The number of methoxy groups -OCH3 is 1. The maximum atomic E-state index is 14.4. The summed E-state index contributed by atoms with van der Waals surface area (Å²) < 4.78 is 13.5. The third-order valence-electron chi connectivity index (χ3n) is 12.7. The van der Waals surface area contributed by atoms with Gasteiger partial charge < -0.3 is 39.5 Å². The summed E-state index contributed by atoms with van der Waals surface area (Å²) in [6, 6.07) is 10.8. The van der Waals surface area contributed by atoms with Crippen molar-refractivity contribution in [3.8, 4) is 11.5 Å². The minimum atomic E-state index is -0.626. The number of aromatic amines is 1. The number of ether oxygens (including phenoxy) is 2. The number of hydrogen-bond acceptors (Lipinski definition) is 9. The molecule has 316 valence electrons. The molecule has 2 aromatic heterocycles. The fourth-order valence-corrected chi connectivity index (χ4v) is 9.33. The number of ketones is 2. The van der Waals surface area contributed by atoms with E-state index in [4.69, 9.17) is 9.47 Å². The van der Waals surface area contributed by atoms with Gasteiger partial charge in [-0.05, 0) is 103 Å². The summed E-state index contributed by atoms with van der Waals surface area (Å²) in [4.78, 5) is 45.1. The minimum Gasteiger partial charge on any atom is -0.504 e. The number of nitrogens with zero attached hydrogens (tertiary/aromatic N) is 2. The Morgan fingerprint density at radius 1 is 1.03 bits per heavy atom. The summed E-state index contributed by atoms with van der Waals surface area (Å²) in [5.74, 6) is 0.953. The molecule has 3 aliphatic rings. The number of aromatic nitrogens is 2. The van der Waals surface area contributed by atoms with Gasteiger partial charge >= 0.3 is 5.97 Å². The van der Waals surface area contributed by atoms with Crippen LogP contribution in [0.15, 0.2) is 109 Å². The first-order valence-electron chi connectivity index (χ1n) is 21.2. The van der Waals surface area contributed by atoms with Crippen molar-refractivity contribution in [2.24, 2.45) is 17.3 Å². The molecule has 11 heteroatoms. The number of aromatic hydroxyl groups is 1. The van der Waals surface area contributed by atoms with E-state index in [1.54, 1.807) is 19.1 Å². The predicted octanol–water partition coefficient (Wildman–Crippen LogP) is 8.04. The molecule has 4 N–H and O–H groups in total. The molecule has 4 aromatic rings. The molecular weight excluding hydrogens is 757 g/mol. The summed E-state index contributed by atoms with van der Waals surface area (Å²) in [5, 5.41) is 26.4. The number of aliphatic hydroxyl groups is 1. The number of nitrogens with one attached hydrogen (secondary N) is 2. The zero-order valence-electron chi connectivity index (χ0n) is 35.2. The monoisotopic (exact) mass is 814 g/mol. The molecule has 4 heterocycles. The maximum absolute atomic E-state index is 14.4. The molecule has 60 heavy (non-hydrogen) atoms. The van der Waals surface area contributed by atoms with Gasteiger partial charge in [-0.3, -0.25) is 14.4 Å². The summed E-state index contributed by atoms with van der Waals surface area (Å²) in [6.07, 6.45) is 24.4. The van der Waals surface area contributed by atoms with Crippen LogP contribution in [-0.4, -0.2) is 70.2 Å². The van der Waals surface area contributed by atoms with Gasteiger partial charge in [0, 0.05) is 81.4 Å². The van der Waals surface area contributed by atoms with Crippen molar-refractivity contribution in [1.29, 1.82) is 0 Å². The number of H-pyrrole nitrogens is 1. The van der Waals surface area contributed by atoms with Crippen LogP contribution in [0.1, 0.15) is 82.0 Å². The second-order valence-electron chi connectivity index (χ2n) is 16.7. The number of aliphatic hydroxyl groups excluding tert-OH is 1. The third kappa shape index (κ3) is 9.47. The van der Waals surface area contributed by atoms with E-state index in [0.29, 0.717) is 44.5 Å². The van der Waals surface area contributed by atoms with Crippen molar-refractivity contribution in [1.82, 2.24) is 14.9 Å². The molecule has 2 aliphatic heterocycles. The third-order valence-corrected chi connectivity index (χ3v) is 12.7. The highest BCUT2D eigenvalue weighted by molar-refractivity contribution is 5.95. The van der Waals surface area contributed by atoms with Gasteiger partial charge in [0.05, 0.1) is 18.8 Å². The molecule has 11 nitrogen and oxygen atoms in total. The Morgan fingerprint density at radius 3 is 2.63 bits per heavy atom. The summed E-state index contributed by atoms with van der Waals surface area (Å²) in [6.45, 7) is 6.29. The lowest BCUT2D eigenvalue weighted by Gasteiger charge is -2.38. The molecule has 1 aliphatic carbocycles. The predicted molar refractivity (Wildman–Crippen MR) is 234 cm³/mol. The van der Waals surface area contributed by atoms with Gasteiger partial charge in [-0.2, -0.15) is 0 Å². The van der Waals surface area contributed by atoms with E-state index in [0.717, 1.165) is 46.3 Å². The fraction of sp³-hybridized carbons (Fsp3) is 0.408. The molecule has 1 spiro atoms. The first kappa shape index (κ1) is 42.3. The number of Topliss-reactive ketones (excluding diaryl/α,β-unsaturated/α-hetero) is 2. The Labute approximate surface area is 352 Å². The van der Waals surface area contributed by atoms with Crippen molar-refractivity contribution in [3.05, 3.63) is 126 Å². The first-order valence-corrected chi connectivity index (χ1v) is 21.2. The summed E-state index contributed by atoms with van der Waals surface area (Å²) >= 11 is 0. The van der Waals surface area contributed by atoms with Crippen LogP contribution in [0, 0.1) is 17.3 Å². The number of phenols is 1. The maximum Gasteiger partial charge on any atom is 0.302 e. The number of allylic oxidation sites excluding steroid dienone is 6. The lowest BCUT2D eigenvalue weighted by atomic mass is 9.66. The number of carbonyl (C=O) groups excluding carboxylic acids is 3. The van der Waals surface area contributed by atoms with Crippen LogP contribution in [0.3, 0.4) is 0 Å². The zero-order chi connectivity index (χ0) is 42.4. The molecule has 0 saturated heterocycles. The highest BCUT2D eigenvalue weighted by Gasteiger charge is 2.36. The van der Waals surface area contributed by atoms with E-state index < -0.39 is 18.1 Å². The Morgan fingerprint density at radius 2 is 1.87 bits per heavy atom. The number of dihydropyridines is 1. The van der Waals surface area contributed by atoms with E-state index >= 15 is 0 Å². The lowest BCUT2D eigenvalue weighted by Crippen LogP contribution is -2.36. The SMILES string of the molecule is COc1cc([C@@H]2CC(=O)C[C@H](OC(C)=O)CC[C@@]3(C=CC=C[C@@H]3C)Cc3c[nH]cc3C[C@@H](CCO)C3=CCNC(=C3)N(CCC(C)=O)c3cccc4cn2cc34)ccc1O. The van der Waals surface area contributed by atoms with Gasteiger partial charge in [-0.25, -0.2) is 0 Å². The molecule has 4 bridgehead atoms. The average molecular weight is 815 g/mol. The molecule has 0 unspecified atom stereocenters. The number of hydrogen-bond donors (Lipinski definition) is 4. The topological polar surface area (TPSA) is 146 Å². The highest BCUT2D eigenvalue weighted by atomic mass is 16.5. The van der Waals surface area contributed by atoms with Gasteiger partial charge in [0.25, 0.3) is 0 Å². The number of anilines is 1. The highest BCUT2D eigenvalue weighted by Crippen LogP contribution is 2.44. The fourth-order valence-electron chi connectivity index (χ4n) is 9.33. The largest absolute Gasteiger partial charge is 0.504 e. The average Bonchev–Trinajstić information content (AvgIpc) is 3.86. The summed E-state index contributed by atoms with van der Waals surface area (Å²) in [7, 11) is 1.50. The van der Waals surface area contributed by atoms with Crippen LogP contribution in [-0.2, 0) is 32.0 Å². The number of phenolic OH excluding ortho intramolecular Hbond substituents is 1. The molecule has 7 rings (SSSR count). The van der Waals surface area contributed by atoms with Crippen LogP contribution in [0.2, 0.25) is 0 Å². The molecule has 0 radical (unpaired) electrons. The zero-order valence-corrected chi connectivity index (χ0v) is 35.2. The van der Waals surface area contributed by atoms with Crippen molar-refractivity contribution < 1.29 is 34.1 Å². The lowest BCUT2D eigenvalue weighted by molar-refractivity contribution is -0.148. The van der Waals surface area contributed by atoms with E-state index in [1.807, 2.05) is 35.2 Å². The molecule has 0 amide bonds. The van der Waals surface area contributed by atoms with E-state index in [2.05, 4.69) is 77.0 Å². The van der Waals surface area contributed by atoms with Crippen molar-refractivity contribution in [2.45, 2.75) is 84.3 Å². The number of benzene rings is 2. The Kier molecular flexibility index (Phi) is 13.1. The number of rotatable bonds is 8. The smallest absolute Gasteiger partial charge is 0.302 e. The molecule has 2 aromatic carbocycles. The van der Waals surface area contributed by atoms with Crippen LogP contribution in [0.4, 0.5) is 5.69 Å². The van der Waals surface area contributed by atoms with E-state index in [-0.39, 0.29) is 54.0 Å². The normalized spacial score (nSPS) is 23.7. The van der Waals surface area contributed by atoms with Crippen molar-refractivity contribution in [2.75, 3.05) is 31.7 Å². The minimum absolute atomic E-state index is 0.00398. The number of carbonyl (C=O) groups is 3. The van der Waals surface area contributed by atoms with Crippen molar-refractivity contribution in [3.63, 3.8) is 0 Å². The molecule has 0 saturated carbocycles. The van der Waals surface area contributed by atoms with Crippen LogP contribution in [0.5, 0.6) is 11.5 Å². The summed E-state index contributed by atoms with van der Waals surface area (Å²) in [5.41, 5.74) is 4.88. The van der Waals surface area contributed by atoms with E-state index in [1.165, 1.54) is 25.2 Å². The Balaban J connectivity index is 1.38. The van der Waals surface area contributed by atoms with Crippen LogP contribution >= 0.6 is 0 Å². The standard InChI is InChI=1S/C49H58N4O7/c1-32-8-5-6-17-49(32)18-13-42(60-34(3)56)25-41(57)26-45(37-11-12-46(58)47(23-37)59-4)52-30-38-9-7-10-44(43(38)31-52)53(20-15-33(2)55)48-24-35(14-19-51-48)36(16-21-54)22-39-28-50-29-40(39)27-49/h5-12,14,17,23-24,28-32,36,42,45,50-51,54,58H,13,15-16,18-22,25-27H2,1-4H3/t32-,36+,42+,45-,49-/m0/s1. The number of fused-ring (bicyclic) bond motifs is 3. The first-order chi connectivity index (χ1) is 29.0. The van der Waals surface area contributed by atoms with Crippen LogP contribution < -0.4 is 15.0 Å². The Hall–Kier alpha value is -5.81. The second kappa shape index (κ2) is 18.6. The Bertz CT molecular complexity index is 2330. The molecular formula is C49H58N4O7. The van der Waals surface area contributed by atoms with Crippen LogP contribution in [0.25, 0.3) is 10.8 Å². The molecule has 5 atom stereocenters. The quantitative estimate of drug-likeness (QED) is 0.130. The van der Waals surface area contributed by atoms with Gasteiger partial charge in [0.15, 0.2) is 11.5 Å². The van der Waals surface area contributed by atoms with E-state index in [9.17, 15) is 24.6 Å².